The van der Waals surface area contributed by atoms with E-state index in [9.17, 15) is 9.59 Å². The molecule has 0 aliphatic heterocycles. The molecular weight excluding hydrogens is 360 g/mol. The lowest BCUT2D eigenvalue weighted by Crippen LogP contribution is -2.17. The molecule has 0 radical (unpaired) electrons. The maximum Gasteiger partial charge on any atom is 0.270 e. The molecule has 1 heterocycles. The fourth-order valence-corrected chi connectivity index (χ4v) is 3.38. The van der Waals surface area contributed by atoms with Crippen molar-refractivity contribution in [3.05, 3.63) is 71.4 Å². The second-order valence-corrected chi connectivity index (χ2v) is 7.08. The third kappa shape index (κ3) is 5.15. The number of amides is 2. The Labute approximate surface area is 161 Å². The van der Waals surface area contributed by atoms with Crippen LogP contribution in [0.4, 0.5) is 15.8 Å². The van der Waals surface area contributed by atoms with Crippen molar-refractivity contribution in [2.75, 3.05) is 10.6 Å². The average molecular weight is 380 g/mol. The fraction of sp³-hybridized carbons (Fsp3) is 0.150. The molecule has 1 aromatic heterocycles. The summed E-state index contributed by atoms with van der Waals surface area (Å²) in [6, 6.07) is 17.5. The lowest BCUT2D eigenvalue weighted by atomic mass is 10.1. The second-order valence-electron chi connectivity index (χ2n) is 6.09. The molecule has 0 saturated carbocycles. The van der Waals surface area contributed by atoms with E-state index in [-0.39, 0.29) is 11.6 Å². The summed E-state index contributed by atoms with van der Waals surface area (Å²) < 4.78 is 0. The van der Waals surface area contributed by atoms with Crippen molar-refractivity contribution in [1.29, 1.82) is 0 Å². The molecule has 27 heavy (non-hydrogen) atoms. The number of aryl methyl sites for hydroxylation is 2. The lowest BCUT2D eigenvalue weighted by Gasteiger charge is -2.04. The summed E-state index contributed by atoms with van der Waals surface area (Å²) in [5, 5.41) is 6.73. The van der Waals surface area contributed by atoms with Gasteiger partial charge in [-0.2, -0.15) is 0 Å². The predicted octanol–water partition coefficient (Wildman–Crippen LogP) is 3.87. The molecule has 7 heteroatoms. The van der Waals surface area contributed by atoms with Gasteiger partial charge < -0.3 is 16.4 Å². The first-order chi connectivity index (χ1) is 13.0. The summed E-state index contributed by atoms with van der Waals surface area (Å²) in [5.74, 6) is -0.867. The maximum absolute atomic E-state index is 12.3. The molecule has 3 aromatic rings. The van der Waals surface area contributed by atoms with Crippen molar-refractivity contribution in [3.8, 4) is 0 Å². The summed E-state index contributed by atoms with van der Waals surface area (Å²) in [5.41, 5.74) is 8.53. The van der Waals surface area contributed by atoms with Gasteiger partial charge >= 0.3 is 0 Å². The number of hydrogen-bond acceptors (Lipinski definition) is 5. The summed E-state index contributed by atoms with van der Waals surface area (Å²) in [7, 11) is 0. The third-order valence-corrected chi connectivity index (χ3v) is 4.79. The van der Waals surface area contributed by atoms with Crippen LogP contribution in [0.1, 0.15) is 28.0 Å². The summed E-state index contributed by atoms with van der Waals surface area (Å²) in [6.07, 6.45) is 0.923. The van der Waals surface area contributed by atoms with Gasteiger partial charge in [-0.05, 0) is 31.0 Å². The molecule has 2 aromatic carbocycles. The van der Waals surface area contributed by atoms with E-state index in [1.165, 1.54) is 11.3 Å². The molecule has 0 saturated heterocycles. The third-order valence-electron chi connectivity index (χ3n) is 3.90. The normalized spacial score (nSPS) is 10.4. The number of nitrogens with two attached hydrogens (primary N) is 1. The molecule has 2 amide bonds. The zero-order valence-electron chi connectivity index (χ0n) is 14.9. The van der Waals surface area contributed by atoms with Crippen LogP contribution in [-0.2, 0) is 11.2 Å². The molecule has 0 fully saturated rings. The molecule has 0 aliphatic rings. The van der Waals surface area contributed by atoms with Crippen LogP contribution in [0.25, 0.3) is 0 Å². The molecule has 3 rings (SSSR count). The summed E-state index contributed by atoms with van der Waals surface area (Å²) in [4.78, 5) is 28.2. The molecule has 0 bridgehead atoms. The smallest absolute Gasteiger partial charge is 0.270 e. The highest BCUT2D eigenvalue weighted by atomic mass is 32.1. The van der Waals surface area contributed by atoms with Gasteiger partial charge in [-0.3, -0.25) is 9.59 Å². The van der Waals surface area contributed by atoms with E-state index >= 15 is 0 Å². The Morgan fingerprint density at radius 2 is 1.78 bits per heavy atom. The van der Waals surface area contributed by atoms with Crippen molar-refractivity contribution in [1.82, 2.24) is 4.98 Å². The van der Waals surface area contributed by atoms with Crippen molar-refractivity contribution >= 4 is 39.0 Å². The van der Waals surface area contributed by atoms with Gasteiger partial charge in [-0.1, -0.05) is 59.4 Å². The van der Waals surface area contributed by atoms with Crippen LogP contribution in [-0.4, -0.2) is 16.8 Å². The van der Waals surface area contributed by atoms with Crippen LogP contribution >= 0.6 is 11.3 Å². The van der Waals surface area contributed by atoms with Gasteiger partial charge in [0, 0.05) is 12.1 Å². The lowest BCUT2D eigenvalue weighted by molar-refractivity contribution is -0.116. The van der Waals surface area contributed by atoms with Crippen molar-refractivity contribution in [2.45, 2.75) is 19.8 Å². The first-order valence-corrected chi connectivity index (χ1v) is 9.31. The molecule has 0 spiro atoms. The first-order valence-electron chi connectivity index (χ1n) is 8.49. The number of nitrogens with zero attached hydrogens (tertiary/aromatic N) is 1. The van der Waals surface area contributed by atoms with Crippen LogP contribution in [0.2, 0.25) is 0 Å². The fourth-order valence-electron chi connectivity index (χ4n) is 2.48. The van der Waals surface area contributed by atoms with Crippen molar-refractivity contribution in [3.63, 3.8) is 0 Å². The number of nitrogens with one attached hydrogen (secondary N) is 2. The minimum absolute atomic E-state index is 0.0580. The van der Waals surface area contributed by atoms with E-state index < -0.39 is 5.91 Å². The Hall–Kier alpha value is -3.19. The van der Waals surface area contributed by atoms with E-state index in [0.29, 0.717) is 23.0 Å². The van der Waals surface area contributed by atoms with Gasteiger partial charge in [0.05, 0.1) is 0 Å². The zero-order chi connectivity index (χ0) is 19.2. The quantitative estimate of drug-likeness (QED) is 0.580. The standard InChI is InChI=1S/C20H20N4O2S/c1-13-7-10-15(11-8-13)22-20-24-17(18(21)26)19(27-20)23-16(25)12-9-14-5-3-2-4-6-14/h2-8,10-11H,9,12H2,1H3,(H2,21,26)(H,22,24)(H,23,25). The number of rotatable bonds is 7. The minimum Gasteiger partial charge on any atom is -0.364 e. The van der Waals surface area contributed by atoms with E-state index in [1.807, 2.05) is 61.5 Å². The van der Waals surface area contributed by atoms with E-state index in [1.54, 1.807) is 0 Å². The monoisotopic (exact) mass is 380 g/mol. The van der Waals surface area contributed by atoms with Crippen molar-refractivity contribution < 1.29 is 9.59 Å². The topological polar surface area (TPSA) is 97.1 Å². The van der Waals surface area contributed by atoms with Gasteiger partial charge in [0.1, 0.15) is 5.00 Å². The first kappa shape index (κ1) is 18.6. The minimum atomic E-state index is -0.679. The highest BCUT2D eigenvalue weighted by molar-refractivity contribution is 7.20. The number of anilines is 3. The Kier molecular flexibility index (Phi) is 5.83. The summed E-state index contributed by atoms with van der Waals surface area (Å²) >= 11 is 1.18. The SMILES string of the molecule is Cc1ccc(Nc2nc(C(N)=O)c(NC(=O)CCc3ccccc3)s2)cc1. The number of benzene rings is 2. The number of primary amides is 1. The Morgan fingerprint density at radius 3 is 2.44 bits per heavy atom. The van der Waals surface area contributed by atoms with E-state index in [0.717, 1.165) is 16.8 Å². The number of carbonyl (C=O) groups is 2. The van der Waals surface area contributed by atoms with Crippen molar-refractivity contribution in [2.24, 2.45) is 5.73 Å². The highest BCUT2D eigenvalue weighted by Gasteiger charge is 2.18. The van der Waals surface area contributed by atoms with Crippen LogP contribution in [0.5, 0.6) is 0 Å². The Balaban J connectivity index is 1.68. The highest BCUT2D eigenvalue weighted by Crippen LogP contribution is 2.30. The average Bonchev–Trinajstić information content (AvgIpc) is 3.05. The molecule has 0 unspecified atom stereocenters. The maximum atomic E-state index is 12.3. The molecule has 4 N–H and O–H groups in total. The zero-order valence-corrected chi connectivity index (χ0v) is 15.7. The van der Waals surface area contributed by atoms with Gasteiger partial charge in [0.15, 0.2) is 10.8 Å². The van der Waals surface area contributed by atoms with Crippen LogP contribution in [0.15, 0.2) is 54.6 Å². The van der Waals surface area contributed by atoms with Gasteiger partial charge in [-0.15, -0.1) is 0 Å². The van der Waals surface area contributed by atoms with E-state index in [2.05, 4.69) is 15.6 Å². The Bertz CT molecular complexity index is 936. The number of hydrogen-bond donors (Lipinski definition) is 3. The number of carbonyl (C=O) groups excluding carboxylic acids is 2. The van der Waals surface area contributed by atoms with Gasteiger partial charge in [0.2, 0.25) is 5.91 Å². The van der Waals surface area contributed by atoms with Crippen LogP contribution < -0.4 is 16.4 Å². The largest absolute Gasteiger partial charge is 0.364 e. The number of thiazole rings is 1. The molecule has 0 atom stereocenters. The van der Waals surface area contributed by atoms with Gasteiger partial charge in [-0.25, -0.2) is 4.98 Å². The molecule has 0 aliphatic carbocycles. The molecule has 6 nitrogen and oxygen atoms in total. The van der Waals surface area contributed by atoms with E-state index in [4.69, 9.17) is 5.73 Å². The van der Waals surface area contributed by atoms with Crippen LogP contribution in [0, 0.1) is 6.92 Å². The summed E-state index contributed by atoms with van der Waals surface area (Å²) in [6.45, 7) is 2.00. The predicted molar refractivity (Wildman–Crippen MR) is 108 cm³/mol. The Morgan fingerprint density at radius 1 is 1.07 bits per heavy atom. The molecular formula is C20H20N4O2S. The van der Waals surface area contributed by atoms with Gasteiger partial charge in [0.25, 0.3) is 5.91 Å². The molecule has 138 valence electrons. The second kappa shape index (κ2) is 8.46. The number of aromatic nitrogens is 1. The van der Waals surface area contributed by atoms with Crippen LogP contribution in [0.3, 0.4) is 0 Å².